The maximum absolute atomic E-state index is 11.5. The number of aromatic nitrogens is 2. The first kappa shape index (κ1) is 13.4. The minimum Gasteiger partial charge on any atom is -0.465 e. The predicted octanol–water partition coefficient (Wildman–Crippen LogP) is 1.56. The van der Waals surface area contributed by atoms with Crippen molar-refractivity contribution in [2.24, 2.45) is 0 Å². The van der Waals surface area contributed by atoms with Crippen LogP contribution in [0.3, 0.4) is 0 Å². The number of nitrogens with zero attached hydrogens (tertiary/aromatic N) is 3. The smallest absolute Gasteiger partial charge is 0.325 e. The van der Waals surface area contributed by atoms with Crippen LogP contribution < -0.4 is 4.90 Å². The van der Waals surface area contributed by atoms with Gasteiger partial charge in [-0.1, -0.05) is 0 Å². The molecule has 0 bridgehead atoms. The largest absolute Gasteiger partial charge is 0.465 e. The molecule has 5 heteroatoms. The van der Waals surface area contributed by atoms with Gasteiger partial charge in [0.05, 0.1) is 6.61 Å². The third-order valence-corrected chi connectivity index (χ3v) is 2.27. The molecule has 0 aromatic carbocycles. The molecule has 5 nitrogen and oxygen atoms in total. The summed E-state index contributed by atoms with van der Waals surface area (Å²) in [6.45, 7) is 8.24. The van der Waals surface area contributed by atoms with E-state index in [0.29, 0.717) is 12.6 Å². The molecule has 1 rings (SSSR count). The number of rotatable bonds is 5. The number of carbonyl (C=O) groups is 1. The minimum absolute atomic E-state index is 0.140. The molecule has 1 aromatic rings. The van der Waals surface area contributed by atoms with Gasteiger partial charge >= 0.3 is 5.97 Å². The first-order valence-electron chi connectivity index (χ1n) is 5.76. The molecule has 0 saturated heterocycles. The third-order valence-electron chi connectivity index (χ3n) is 2.27. The molecule has 0 amide bonds. The fraction of sp³-hybridized carbons (Fsp3) is 0.583. The van der Waals surface area contributed by atoms with Crippen LogP contribution in [0.2, 0.25) is 0 Å². The van der Waals surface area contributed by atoms with Gasteiger partial charge in [-0.2, -0.15) is 0 Å². The molecule has 0 saturated carbocycles. The standard InChI is InChI=1S/C12H19N3O2/c1-5-17-11(16)8-15(9(2)3)12-13-7-6-10(4)14-12/h6-7,9H,5,8H2,1-4H3. The molecule has 0 atom stereocenters. The summed E-state index contributed by atoms with van der Waals surface area (Å²) < 4.78 is 4.94. The van der Waals surface area contributed by atoms with Gasteiger partial charge in [0.15, 0.2) is 0 Å². The van der Waals surface area contributed by atoms with Crippen LogP contribution in [-0.2, 0) is 9.53 Å². The third kappa shape index (κ3) is 4.01. The molecular weight excluding hydrogens is 218 g/mol. The van der Waals surface area contributed by atoms with Crippen LogP contribution in [0.5, 0.6) is 0 Å². The Morgan fingerprint density at radius 2 is 2.24 bits per heavy atom. The Hall–Kier alpha value is -1.65. The monoisotopic (exact) mass is 237 g/mol. The first-order valence-corrected chi connectivity index (χ1v) is 5.76. The van der Waals surface area contributed by atoms with Crippen LogP contribution in [0.25, 0.3) is 0 Å². The lowest BCUT2D eigenvalue weighted by Gasteiger charge is -2.25. The van der Waals surface area contributed by atoms with Crippen molar-refractivity contribution < 1.29 is 9.53 Å². The average molecular weight is 237 g/mol. The fourth-order valence-electron chi connectivity index (χ4n) is 1.40. The highest BCUT2D eigenvalue weighted by atomic mass is 16.5. The molecule has 94 valence electrons. The van der Waals surface area contributed by atoms with Gasteiger partial charge in [-0.25, -0.2) is 9.97 Å². The topological polar surface area (TPSA) is 55.3 Å². The van der Waals surface area contributed by atoms with Gasteiger partial charge < -0.3 is 9.64 Å². The highest BCUT2D eigenvalue weighted by Gasteiger charge is 2.17. The number of hydrogen-bond donors (Lipinski definition) is 0. The molecule has 1 aromatic heterocycles. The number of ether oxygens (including phenoxy) is 1. The fourth-order valence-corrected chi connectivity index (χ4v) is 1.40. The lowest BCUT2D eigenvalue weighted by molar-refractivity contribution is -0.141. The van der Waals surface area contributed by atoms with Gasteiger partial charge in [-0.3, -0.25) is 4.79 Å². The van der Waals surface area contributed by atoms with E-state index in [2.05, 4.69) is 9.97 Å². The highest BCUT2D eigenvalue weighted by molar-refractivity contribution is 5.75. The van der Waals surface area contributed by atoms with Gasteiger partial charge in [-0.15, -0.1) is 0 Å². The van der Waals surface area contributed by atoms with E-state index in [-0.39, 0.29) is 18.6 Å². The van der Waals surface area contributed by atoms with Crippen LogP contribution in [-0.4, -0.2) is 35.1 Å². The van der Waals surface area contributed by atoms with Crippen molar-refractivity contribution in [1.29, 1.82) is 0 Å². The normalized spacial score (nSPS) is 10.4. The predicted molar refractivity (Wildman–Crippen MR) is 65.9 cm³/mol. The zero-order chi connectivity index (χ0) is 12.8. The van der Waals surface area contributed by atoms with Crippen molar-refractivity contribution in [2.45, 2.75) is 33.7 Å². The zero-order valence-electron chi connectivity index (χ0n) is 10.8. The highest BCUT2D eigenvalue weighted by Crippen LogP contribution is 2.11. The molecule has 0 radical (unpaired) electrons. The van der Waals surface area contributed by atoms with E-state index >= 15 is 0 Å². The second-order valence-electron chi connectivity index (χ2n) is 4.02. The summed E-state index contributed by atoms with van der Waals surface area (Å²) in [5.74, 6) is 0.305. The summed E-state index contributed by atoms with van der Waals surface area (Å²) in [4.78, 5) is 21.8. The van der Waals surface area contributed by atoms with Gasteiger partial charge in [0.1, 0.15) is 6.54 Å². The Balaban J connectivity index is 2.82. The summed E-state index contributed by atoms with van der Waals surface area (Å²) in [5.41, 5.74) is 0.879. The summed E-state index contributed by atoms with van der Waals surface area (Å²) in [6, 6.07) is 1.97. The summed E-state index contributed by atoms with van der Waals surface area (Å²) in [5, 5.41) is 0. The summed E-state index contributed by atoms with van der Waals surface area (Å²) in [7, 11) is 0. The second-order valence-corrected chi connectivity index (χ2v) is 4.02. The molecule has 17 heavy (non-hydrogen) atoms. The molecule has 0 spiro atoms. The van der Waals surface area contributed by atoms with E-state index in [1.807, 2.05) is 31.7 Å². The van der Waals surface area contributed by atoms with Crippen molar-refractivity contribution in [3.8, 4) is 0 Å². The lowest BCUT2D eigenvalue weighted by Crippen LogP contribution is -2.37. The first-order chi connectivity index (χ1) is 8.04. The maximum atomic E-state index is 11.5. The van der Waals surface area contributed by atoms with Gasteiger partial charge in [0.2, 0.25) is 5.95 Å². The summed E-state index contributed by atoms with van der Waals surface area (Å²) >= 11 is 0. The van der Waals surface area contributed by atoms with Crippen LogP contribution in [0.15, 0.2) is 12.3 Å². The van der Waals surface area contributed by atoms with E-state index in [9.17, 15) is 4.79 Å². The molecular formula is C12H19N3O2. The number of anilines is 1. The Morgan fingerprint density at radius 3 is 2.76 bits per heavy atom. The number of hydrogen-bond acceptors (Lipinski definition) is 5. The molecule has 0 aliphatic carbocycles. The molecule has 0 fully saturated rings. The van der Waals surface area contributed by atoms with Gasteiger partial charge in [-0.05, 0) is 33.8 Å². The van der Waals surface area contributed by atoms with Crippen LogP contribution in [0, 0.1) is 6.92 Å². The zero-order valence-corrected chi connectivity index (χ0v) is 10.8. The minimum atomic E-state index is -0.258. The maximum Gasteiger partial charge on any atom is 0.325 e. The SMILES string of the molecule is CCOC(=O)CN(c1nccc(C)n1)C(C)C. The van der Waals surface area contributed by atoms with Gasteiger partial charge in [0.25, 0.3) is 0 Å². The Kier molecular flexibility index (Phi) is 4.87. The Morgan fingerprint density at radius 1 is 1.53 bits per heavy atom. The van der Waals surface area contributed by atoms with E-state index in [0.717, 1.165) is 5.69 Å². The second kappa shape index (κ2) is 6.18. The van der Waals surface area contributed by atoms with E-state index in [1.54, 1.807) is 13.1 Å². The number of carbonyl (C=O) groups excluding carboxylic acids is 1. The van der Waals surface area contributed by atoms with E-state index in [4.69, 9.17) is 4.74 Å². The molecule has 1 heterocycles. The molecule has 0 N–H and O–H groups in total. The quantitative estimate of drug-likeness (QED) is 0.727. The number of aryl methyl sites for hydroxylation is 1. The number of esters is 1. The summed E-state index contributed by atoms with van der Waals surface area (Å²) in [6.07, 6.45) is 1.69. The van der Waals surface area contributed by atoms with Gasteiger partial charge in [0, 0.05) is 17.9 Å². The van der Waals surface area contributed by atoms with Crippen molar-refractivity contribution >= 4 is 11.9 Å². The lowest BCUT2D eigenvalue weighted by atomic mass is 10.3. The molecule has 0 aliphatic heterocycles. The van der Waals surface area contributed by atoms with Crippen LogP contribution in [0.4, 0.5) is 5.95 Å². The van der Waals surface area contributed by atoms with Crippen molar-refractivity contribution in [3.63, 3.8) is 0 Å². The Bertz CT molecular complexity index is 380. The van der Waals surface area contributed by atoms with E-state index in [1.165, 1.54) is 0 Å². The van der Waals surface area contributed by atoms with Crippen molar-refractivity contribution in [3.05, 3.63) is 18.0 Å². The molecule has 0 aliphatic rings. The van der Waals surface area contributed by atoms with Crippen LogP contribution >= 0.6 is 0 Å². The molecule has 0 unspecified atom stereocenters. The Labute approximate surface area is 102 Å². The van der Waals surface area contributed by atoms with E-state index < -0.39 is 0 Å². The van der Waals surface area contributed by atoms with Crippen molar-refractivity contribution in [1.82, 2.24) is 9.97 Å². The van der Waals surface area contributed by atoms with Crippen molar-refractivity contribution in [2.75, 3.05) is 18.1 Å². The average Bonchev–Trinajstić information content (AvgIpc) is 2.26. The van der Waals surface area contributed by atoms with Crippen LogP contribution in [0.1, 0.15) is 26.5 Å².